The van der Waals surface area contributed by atoms with Gasteiger partial charge in [0, 0.05) is 25.1 Å². The van der Waals surface area contributed by atoms with Crippen LogP contribution in [0.3, 0.4) is 0 Å². The summed E-state index contributed by atoms with van der Waals surface area (Å²) in [5.41, 5.74) is 3.34. The van der Waals surface area contributed by atoms with E-state index in [2.05, 4.69) is 53.6 Å². The van der Waals surface area contributed by atoms with E-state index < -0.39 is 11.6 Å². The molecule has 1 aliphatic heterocycles. The lowest BCUT2D eigenvalue weighted by Gasteiger charge is -2.46. The second-order valence-corrected chi connectivity index (χ2v) is 8.63. The van der Waals surface area contributed by atoms with Crippen LogP contribution < -0.4 is 5.32 Å². The molecule has 0 saturated carbocycles. The van der Waals surface area contributed by atoms with Crippen LogP contribution in [0.2, 0.25) is 0 Å². The summed E-state index contributed by atoms with van der Waals surface area (Å²) >= 11 is 0. The van der Waals surface area contributed by atoms with Crippen LogP contribution >= 0.6 is 0 Å². The van der Waals surface area contributed by atoms with Crippen molar-refractivity contribution >= 4 is 6.02 Å². The Morgan fingerprint density at radius 2 is 1.68 bits per heavy atom. The third-order valence-electron chi connectivity index (χ3n) is 6.50. The summed E-state index contributed by atoms with van der Waals surface area (Å²) in [6.07, 6.45) is 0.323. The van der Waals surface area contributed by atoms with E-state index in [0.717, 1.165) is 11.1 Å². The highest BCUT2D eigenvalue weighted by Crippen LogP contribution is 2.38. The zero-order chi connectivity index (χ0) is 24.0. The molecule has 2 N–H and O–H groups in total. The molecule has 4 rings (SSSR count). The van der Waals surface area contributed by atoms with Crippen LogP contribution in [0, 0.1) is 5.82 Å². The van der Waals surface area contributed by atoms with Gasteiger partial charge in [-0.3, -0.25) is 0 Å². The van der Waals surface area contributed by atoms with E-state index in [0.29, 0.717) is 31.2 Å². The van der Waals surface area contributed by atoms with Crippen molar-refractivity contribution in [2.75, 3.05) is 26.9 Å². The van der Waals surface area contributed by atoms with E-state index in [1.54, 1.807) is 25.2 Å². The molecular weight excluding hydrogens is 431 g/mol. The first-order valence-corrected chi connectivity index (χ1v) is 11.6. The number of hydrogen-bond donors (Lipinski definition) is 2. The molecule has 0 amide bonds. The second-order valence-electron chi connectivity index (χ2n) is 8.63. The molecule has 1 heterocycles. The van der Waals surface area contributed by atoms with Crippen LogP contribution in [0.15, 0.2) is 83.9 Å². The first-order chi connectivity index (χ1) is 16.6. The highest BCUT2D eigenvalue weighted by molar-refractivity contribution is 5.75. The lowest BCUT2D eigenvalue weighted by Crippen LogP contribution is -2.58. The molecule has 1 unspecified atom stereocenters. The Hall–Kier alpha value is -3.22. The number of nitrogens with one attached hydrogen (secondary N) is 1. The minimum atomic E-state index is -0.588. The molecule has 178 valence electrons. The number of ether oxygens (including phenoxy) is 2. The number of nitrogens with zero attached hydrogens (tertiary/aromatic N) is 1. The van der Waals surface area contributed by atoms with Gasteiger partial charge in [-0.2, -0.15) is 0 Å². The quantitative estimate of drug-likeness (QED) is 0.362. The van der Waals surface area contributed by atoms with Crippen LogP contribution in [0.25, 0.3) is 11.1 Å². The number of aliphatic imine (C=N–C) groups is 1. The van der Waals surface area contributed by atoms with Crippen molar-refractivity contribution in [3.63, 3.8) is 0 Å². The van der Waals surface area contributed by atoms with Crippen molar-refractivity contribution in [1.82, 2.24) is 5.32 Å². The highest BCUT2D eigenvalue weighted by atomic mass is 19.1. The molecule has 1 aliphatic rings. The van der Waals surface area contributed by atoms with Gasteiger partial charge in [0.05, 0.1) is 19.3 Å². The Balaban J connectivity index is 1.50. The van der Waals surface area contributed by atoms with Gasteiger partial charge in [-0.1, -0.05) is 79.7 Å². The van der Waals surface area contributed by atoms with Gasteiger partial charge in [0.15, 0.2) is 5.60 Å². The molecule has 6 heteroatoms. The predicted molar refractivity (Wildman–Crippen MR) is 132 cm³/mol. The third-order valence-corrected chi connectivity index (χ3v) is 6.50. The first-order valence-electron chi connectivity index (χ1n) is 11.6. The fraction of sp³-hybridized carbons (Fsp3) is 0.321. The number of halogens is 1. The Kier molecular flexibility index (Phi) is 7.60. The van der Waals surface area contributed by atoms with E-state index in [-0.39, 0.29) is 18.3 Å². The molecule has 3 aromatic rings. The third kappa shape index (κ3) is 5.13. The lowest BCUT2D eigenvalue weighted by atomic mass is 9.81. The summed E-state index contributed by atoms with van der Waals surface area (Å²) in [6, 6.07) is 25.1. The van der Waals surface area contributed by atoms with Gasteiger partial charge in [-0.05, 0) is 29.2 Å². The Morgan fingerprint density at radius 3 is 2.26 bits per heavy atom. The maximum absolute atomic E-state index is 14.4. The molecule has 34 heavy (non-hydrogen) atoms. The van der Waals surface area contributed by atoms with Crippen LogP contribution in [0.1, 0.15) is 36.4 Å². The fourth-order valence-electron chi connectivity index (χ4n) is 4.27. The normalized spacial score (nSPS) is 16.9. The molecule has 1 saturated heterocycles. The van der Waals surface area contributed by atoms with Crippen molar-refractivity contribution in [3.8, 4) is 11.1 Å². The molecule has 1 fully saturated rings. The smallest absolute Gasteiger partial charge is 0.285 e. The summed E-state index contributed by atoms with van der Waals surface area (Å²) in [6.45, 7) is 2.89. The van der Waals surface area contributed by atoms with Crippen molar-refractivity contribution in [1.29, 1.82) is 0 Å². The molecule has 0 aliphatic carbocycles. The number of benzene rings is 3. The van der Waals surface area contributed by atoms with E-state index in [9.17, 15) is 9.50 Å². The lowest BCUT2D eigenvalue weighted by molar-refractivity contribution is -0.181. The zero-order valence-corrected chi connectivity index (χ0v) is 19.6. The van der Waals surface area contributed by atoms with Crippen molar-refractivity contribution < 1.29 is 19.0 Å². The van der Waals surface area contributed by atoms with Gasteiger partial charge in [0.1, 0.15) is 5.82 Å². The minimum Gasteiger partial charge on any atom is -0.453 e. The summed E-state index contributed by atoms with van der Waals surface area (Å²) < 4.78 is 26.4. The van der Waals surface area contributed by atoms with Gasteiger partial charge < -0.3 is 19.9 Å². The van der Waals surface area contributed by atoms with E-state index in [4.69, 9.17) is 9.47 Å². The van der Waals surface area contributed by atoms with Gasteiger partial charge in [0.2, 0.25) is 0 Å². The van der Waals surface area contributed by atoms with Crippen molar-refractivity contribution in [2.24, 2.45) is 4.99 Å². The van der Waals surface area contributed by atoms with Gasteiger partial charge in [-0.25, -0.2) is 9.38 Å². The number of aliphatic hydroxyl groups excluding tert-OH is 1. The summed E-state index contributed by atoms with van der Waals surface area (Å²) in [5.74, 6) is -0.299. The molecular formula is C28H31FN2O3. The molecule has 0 spiro atoms. The largest absolute Gasteiger partial charge is 0.453 e. The number of rotatable bonds is 8. The van der Waals surface area contributed by atoms with Crippen LogP contribution in [-0.4, -0.2) is 43.6 Å². The Morgan fingerprint density at radius 1 is 1.03 bits per heavy atom. The molecule has 0 aromatic heterocycles. The van der Waals surface area contributed by atoms with Crippen molar-refractivity contribution in [3.05, 3.63) is 95.8 Å². The highest BCUT2D eigenvalue weighted by Gasteiger charge is 2.48. The van der Waals surface area contributed by atoms with E-state index in [1.807, 2.05) is 18.2 Å². The molecule has 5 nitrogen and oxygen atoms in total. The maximum Gasteiger partial charge on any atom is 0.285 e. The monoisotopic (exact) mass is 462 g/mol. The SMILES string of the molecule is CN=C(N[C@@H](CCO)c1ccccc1F)OC1(C(C)c2ccc(-c3ccccc3)cc2)COC1. The van der Waals surface area contributed by atoms with Gasteiger partial charge in [0.25, 0.3) is 6.02 Å². The average molecular weight is 463 g/mol. The van der Waals surface area contributed by atoms with E-state index in [1.165, 1.54) is 11.6 Å². The van der Waals surface area contributed by atoms with Crippen molar-refractivity contribution in [2.45, 2.75) is 30.9 Å². The topological polar surface area (TPSA) is 63.1 Å². The molecule has 0 radical (unpaired) electrons. The van der Waals surface area contributed by atoms with E-state index >= 15 is 0 Å². The molecule has 0 bridgehead atoms. The zero-order valence-electron chi connectivity index (χ0n) is 19.6. The summed E-state index contributed by atoms with van der Waals surface area (Å²) in [5, 5.41) is 12.7. The predicted octanol–water partition coefficient (Wildman–Crippen LogP) is 5.08. The van der Waals surface area contributed by atoms with Crippen LogP contribution in [0.4, 0.5) is 4.39 Å². The van der Waals surface area contributed by atoms with Crippen LogP contribution in [0.5, 0.6) is 0 Å². The Bertz CT molecular complexity index is 1100. The van der Waals surface area contributed by atoms with Gasteiger partial charge >= 0.3 is 0 Å². The Labute approximate surface area is 200 Å². The number of hydrogen-bond acceptors (Lipinski definition) is 4. The maximum atomic E-state index is 14.4. The number of amidine groups is 1. The molecule has 2 atom stereocenters. The second kappa shape index (κ2) is 10.8. The van der Waals surface area contributed by atoms with Crippen LogP contribution in [-0.2, 0) is 9.47 Å². The summed E-state index contributed by atoms with van der Waals surface area (Å²) in [7, 11) is 1.63. The fourth-order valence-corrected chi connectivity index (χ4v) is 4.27. The standard InChI is InChI=1S/C28H31FN2O3/c1-20(21-12-14-23(15-13-21)22-8-4-3-5-9-22)28(18-33-19-28)34-27(30-2)31-26(16-17-32)24-10-6-7-11-25(24)29/h3-15,20,26,32H,16-19H2,1-2H3,(H,30,31)/t20?,26-/m0/s1. The number of aliphatic hydroxyl groups is 1. The minimum absolute atomic E-state index is 0.0365. The molecule has 3 aromatic carbocycles. The summed E-state index contributed by atoms with van der Waals surface area (Å²) in [4.78, 5) is 4.29. The first kappa shape index (κ1) is 23.9. The van der Waals surface area contributed by atoms with Gasteiger partial charge in [-0.15, -0.1) is 0 Å². The average Bonchev–Trinajstić information content (AvgIpc) is 2.85.